The van der Waals surface area contributed by atoms with Gasteiger partial charge in [-0.1, -0.05) is 0 Å². The third kappa shape index (κ3) is 2.41. The van der Waals surface area contributed by atoms with Crippen molar-refractivity contribution in [3.05, 3.63) is 23.8 Å². The maximum atomic E-state index is 11.6. The first-order chi connectivity index (χ1) is 9.18. The van der Waals surface area contributed by atoms with Crippen LogP contribution >= 0.6 is 0 Å². The zero-order valence-electron chi connectivity index (χ0n) is 12.4. The molecular formula is C14H19BO5. The first-order valence-corrected chi connectivity index (χ1v) is 6.45. The van der Waals surface area contributed by atoms with Gasteiger partial charge in [-0.25, -0.2) is 4.79 Å². The molecule has 5 nitrogen and oxygen atoms in total. The molecule has 0 bridgehead atoms. The summed E-state index contributed by atoms with van der Waals surface area (Å²) in [5.74, 6) is -0.445. The Hall–Kier alpha value is -1.53. The topological polar surface area (TPSA) is 65.0 Å². The highest BCUT2D eigenvalue weighted by atomic mass is 16.7. The predicted octanol–water partition coefficient (Wildman–Crippen LogP) is 1.48. The van der Waals surface area contributed by atoms with E-state index in [1.807, 2.05) is 27.7 Å². The lowest BCUT2D eigenvalue weighted by Gasteiger charge is -2.32. The molecule has 1 aromatic carbocycles. The van der Waals surface area contributed by atoms with Crippen LogP contribution in [0.4, 0.5) is 0 Å². The summed E-state index contributed by atoms with van der Waals surface area (Å²) in [7, 11) is 0.591. The van der Waals surface area contributed by atoms with E-state index in [4.69, 9.17) is 9.31 Å². The normalized spacial score (nSPS) is 19.9. The van der Waals surface area contributed by atoms with Crippen molar-refractivity contribution in [1.82, 2.24) is 0 Å². The Labute approximate surface area is 119 Å². The lowest BCUT2D eigenvalue weighted by atomic mass is 9.77. The van der Waals surface area contributed by atoms with E-state index in [1.165, 1.54) is 25.3 Å². The zero-order valence-corrected chi connectivity index (χ0v) is 12.4. The monoisotopic (exact) mass is 278 g/mol. The quantitative estimate of drug-likeness (QED) is 0.655. The van der Waals surface area contributed by atoms with Gasteiger partial charge in [0.25, 0.3) is 0 Å². The molecule has 0 amide bonds. The van der Waals surface area contributed by atoms with Gasteiger partial charge < -0.3 is 19.2 Å². The SMILES string of the molecule is COC(=O)c1ccc(O)c(B2OC(C)(C)C(C)(C)O2)c1. The van der Waals surface area contributed by atoms with Crippen LogP contribution < -0.4 is 5.46 Å². The fraction of sp³-hybridized carbons (Fsp3) is 0.500. The number of phenols is 1. The molecule has 0 aromatic heterocycles. The third-order valence-corrected chi connectivity index (χ3v) is 3.96. The molecule has 1 heterocycles. The van der Waals surface area contributed by atoms with Crippen LogP contribution in [0.2, 0.25) is 0 Å². The van der Waals surface area contributed by atoms with E-state index in [2.05, 4.69) is 4.74 Å². The number of esters is 1. The van der Waals surface area contributed by atoms with Crippen LogP contribution in [0, 0.1) is 0 Å². The van der Waals surface area contributed by atoms with Gasteiger partial charge in [0.2, 0.25) is 0 Å². The fourth-order valence-electron chi connectivity index (χ4n) is 1.96. The largest absolute Gasteiger partial charge is 0.508 e. The molecule has 1 aliphatic heterocycles. The van der Waals surface area contributed by atoms with E-state index in [-0.39, 0.29) is 5.75 Å². The first-order valence-electron chi connectivity index (χ1n) is 6.45. The van der Waals surface area contributed by atoms with Gasteiger partial charge in [-0.2, -0.15) is 0 Å². The average molecular weight is 278 g/mol. The molecule has 0 radical (unpaired) electrons. The lowest BCUT2D eigenvalue weighted by Crippen LogP contribution is -2.41. The number of rotatable bonds is 2. The summed E-state index contributed by atoms with van der Waals surface area (Å²) in [6.45, 7) is 7.70. The van der Waals surface area contributed by atoms with Crippen LogP contribution in [0.3, 0.4) is 0 Å². The summed E-state index contributed by atoms with van der Waals surface area (Å²) in [6.07, 6.45) is 0. The van der Waals surface area contributed by atoms with Crippen molar-refractivity contribution in [2.24, 2.45) is 0 Å². The Kier molecular flexibility index (Phi) is 3.56. The number of benzene rings is 1. The highest BCUT2D eigenvalue weighted by molar-refractivity contribution is 6.63. The van der Waals surface area contributed by atoms with Crippen LogP contribution in [-0.4, -0.2) is 36.5 Å². The number of carbonyl (C=O) groups excluding carboxylic acids is 1. The lowest BCUT2D eigenvalue weighted by molar-refractivity contribution is 0.00578. The molecule has 6 heteroatoms. The van der Waals surface area contributed by atoms with Crippen molar-refractivity contribution >= 4 is 18.6 Å². The summed E-state index contributed by atoms with van der Waals surface area (Å²) < 4.78 is 16.4. The van der Waals surface area contributed by atoms with Crippen molar-refractivity contribution in [1.29, 1.82) is 0 Å². The van der Waals surface area contributed by atoms with Crippen LogP contribution in [-0.2, 0) is 14.0 Å². The number of methoxy groups -OCH3 is 1. The van der Waals surface area contributed by atoms with Gasteiger partial charge in [0.15, 0.2) is 0 Å². The smallest absolute Gasteiger partial charge is 0.498 e. The molecule has 1 aromatic rings. The second-order valence-corrected chi connectivity index (χ2v) is 5.85. The number of ether oxygens (including phenoxy) is 1. The second-order valence-electron chi connectivity index (χ2n) is 5.85. The van der Waals surface area contributed by atoms with Gasteiger partial charge in [-0.3, -0.25) is 0 Å². The summed E-state index contributed by atoms with van der Waals surface area (Å²) in [5, 5.41) is 9.98. The highest BCUT2D eigenvalue weighted by Crippen LogP contribution is 2.37. The van der Waals surface area contributed by atoms with Crippen LogP contribution in [0.25, 0.3) is 0 Å². The maximum absolute atomic E-state index is 11.6. The van der Waals surface area contributed by atoms with E-state index < -0.39 is 24.3 Å². The molecule has 0 saturated carbocycles. The molecule has 2 rings (SSSR count). The van der Waals surface area contributed by atoms with Crippen molar-refractivity contribution < 1.29 is 23.9 Å². The van der Waals surface area contributed by atoms with E-state index >= 15 is 0 Å². The summed E-state index contributed by atoms with van der Waals surface area (Å²) in [6, 6.07) is 4.46. The second kappa shape index (κ2) is 4.79. The van der Waals surface area contributed by atoms with Gasteiger partial charge in [-0.05, 0) is 45.9 Å². The van der Waals surface area contributed by atoms with Crippen molar-refractivity contribution in [2.45, 2.75) is 38.9 Å². The van der Waals surface area contributed by atoms with Gasteiger partial charge in [0.05, 0.1) is 23.9 Å². The molecule has 1 aliphatic rings. The molecule has 1 fully saturated rings. The van der Waals surface area contributed by atoms with E-state index in [0.717, 1.165) is 0 Å². The number of aromatic hydroxyl groups is 1. The Morgan fingerprint density at radius 3 is 2.25 bits per heavy atom. The number of phenolic OH excluding ortho intramolecular Hbond substituents is 1. The van der Waals surface area contributed by atoms with Crippen LogP contribution in [0.1, 0.15) is 38.1 Å². The molecule has 0 atom stereocenters. The highest BCUT2D eigenvalue weighted by Gasteiger charge is 2.52. The zero-order chi connectivity index (χ0) is 15.1. The molecule has 0 aliphatic carbocycles. The molecule has 1 N–H and O–H groups in total. The van der Waals surface area contributed by atoms with Gasteiger partial charge in [0.1, 0.15) is 5.75 Å². The molecule has 0 spiro atoms. The average Bonchev–Trinajstić information content (AvgIpc) is 2.58. The van der Waals surface area contributed by atoms with E-state index in [0.29, 0.717) is 11.0 Å². The van der Waals surface area contributed by atoms with Crippen molar-refractivity contribution in [3.8, 4) is 5.75 Å². The van der Waals surface area contributed by atoms with E-state index in [9.17, 15) is 9.90 Å². The van der Waals surface area contributed by atoms with Crippen molar-refractivity contribution in [3.63, 3.8) is 0 Å². The van der Waals surface area contributed by atoms with Gasteiger partial charge in [0, 0.05) is 5.46 Å². The fourth-order valence-corrected chi connectivity index (χ4v) is 1.96. The van der Waals surface area contributed by atoms with Crippen LogP contribution in [0.15, 0.2) is 18.2 Å². The summed E-state index contributed by atoms with van der Waals surface area (Å²) in [5.41, 5.74) is -0.252. The molecule has 20 heavy (non-hydrogen) atoms. The number of carbonyl (C=O) groups is 1. The Morgan fingerprint density at radius 2 is 1.75 bits per heavy atom. The summed E-state index contributed by atoms with van der Waals surface area (Å²) >= 11 is 0. The first kappa shape index (κ1) is 14.9. The third-order valence-electron chi connectivity index (χ3n) is 3.96. The van der Waals surface area contributed by atoms with E-state index in [1.54, 1.807) is 0 Å². The van der Waals surface area contributed by atoms with Gasteiger partial charge in [-0.15, -0.1) is 0 Å². The Morgan fingerprint density at radius 1 is 1.20 bits per heavy atom. The molecule has 1 saturated heterocycles. The maximum Gasteiger partial charge on any atom is 0.498 e. The predicted molar refractivity (Wildman–Crippen MR) is 75.2 cm³/mol. The molecule has 0 unspecified atom stereocenters. The standard InChI is InChI=1S/C14H19BO5/c1-13(2)14(3,4)20-15(19-13)10-8-9(12(17)18-5)6-7-11(10)16/h6-8,16H,1-5H3. The number of hydrogen-bond acceptors (Lipinski definition) is 5. The minimum Gasteiger partial charge on any atom is -0.508 e. The summed E-state index contributed by atoms with van der Waals surface area (Å²) in [4.78, 5) is 11.6. The van der Waals surface area contributed by atoms with Gasteiger partial charge >= 0.3 is 13.1 Å². The minimum atomic E-state index is -0.718. The molecular weight excluding hydrogens is 259 g/mol. The van der Waals surface area contributed by atoms with Crippen molar-refractivity contribution in [2.75, 3.05) is 7.11 Å². The Bertz CT molecular complexity index is 522. The number of hydrogen-bond donors (Lipinski definition) is 1. The van der Waals surface area contributed by atoms with Crippen LogP contribution in [0.5, 0.6) is 5.75 Å². The minimum absolute atomic E-state index is 0.0242. The molecule has 108 valence electrons. The Balaban J connectivity index is 2.37.